The molecule has 9 heteroatoms. The molecule has 3 aromatic rings. The van der Waals surface area contributed by atoms with E-state index in [-0.39, 0.29) is 26.9 Å². The van der Waals surface area contributed by atoms with Crippen LogP contribution in [0.25, 0.3) is 0 Å². The molecule has 0 N–H and O–H groups in total. The van der Waals surface area contributed by atoms with Crippen LogP contribution in [-0.2, 0) is 14.3 Å². The van der Waals surface area contributed by atoms with Gasteiger partial charge in [0, 0.05) is 21.2 Å². The van der Waals surface area contributed by atoms with Crippen LogP contribution < -0.4 is 4.90 Å². The molecule has 0 unspecified atom stereocenters. The molecule has 2 fully saturated rings. The third-order valence-corrected chi connectivity index (χ3v) is 7.67. The Balaban J connectivity index is 1.56. The van der Waals surface area contributed by atoms with Gasteiger partial charge in [-0.2, -0.15) is 0 Å². The molecule has 2 saturated heterocycles. The second-order valence-electron chi connectivity index (χ2n) is 8.64. The summed E-state index contributed by atoms with van der Waals surface area (Å²) in [5, 5.41) is 0.851. The van der Waals surface area contributed by atoms with Crippen LogP contribution in [0.1, 0.15) is 32.4 Å². The van der Waals surface area contributed by atoms with Crippen molar-refractivity contribution in [2.75, 3.05) is 4.90 Å². The number of imide groups is 1. The van der Waals surface area contributed by atoms with Crippen LogP contribution in [0.3, 0.4) is 0 Å². The van der Waals surface area contributed by atoms with Gasteiger partial charge in [0.25, 0.3) is 0 Å². The van der Waals surface area contributed by atoms with Crippen molar-refractivity contribution in [3.8, 4) is 0 Å². The lowest BCUT2D eigenvalue weighted by Gasteiger charge is -2.27. The maximum atomic E-state index is 13.9. The molecule has 3 aromatic carbocycles. The molecule has 0 bridgehead atoms. The first kappa shape index (κ1) is 22.4. The zero-order valence-electron chi connectivity index (χ0n) is 17.7. The third-order valence-electron chi connectivity index (χ3n) is 6.87. The van der Waals surface area contributed by atoms with Gasteiger partial charge < -0.3 is 4.74 Å². The highest BCUT2D eigenvalue weighted by Crippen LogP contribution is 2.58. The van der Waals surface area contributed by atoms with Crippen molar-refractivity contribution in [2.45, 2.75) is 11.7 Å². The van der Waals surface area contributed by atoms with Crippen molar-refractivity contribution in [3.05, 3.63) is 98.5 Å². The number of hydrogen-bond acceptors (Lipinski definition) is 5. The highest BCUT2D eigenvalue weighted by atomic mass is 35.5. The summed E-state index contributed by atoms with van der Waals surface area (Å²) in [5.41, 5.74) is -1.24. The molecule has 2 heterocycles. The highest BCUT2D eigenvalue weighted by molar-refractivity contribution is 6.40. The Morgan fingerprint density at radius 1 is 0.743 bits per heavy atom. The van der Waals surface area contributed by atoms with Gasteiger partial charge in [0.05, 0.1) is 28.6 Å². The maximum absolute atomic E-state index is 13.9. The first-order chi connectivity index (χ1) is 16.8. The van der Waals surface area contributed by atoms with Gasteiger partial charge in [-0.05, 0) is 35.9 Å². The lowest BCUT2D eigenvalue weighted by molar-refractivity contribution is -0.127. The van der Waals surface area contributed by atoms with E-state index in [9.17, 15) is 19.2 Å². The summed E-state index contributed by atoms with van der Waals surface area (Å²) in [6.07, 6.45) is -1.04. The van der Waals surface area contributed by atoms with E-state index in [4.69, 9.17) is 39.5 Å². The molecule has 174 valence electrons. The van der Waals surface area contributed by atoms with E-state index in [1.54, 1.807) is 36.4 Å². The average molecular weight is 527 g/mol. The maximum Gasteiger partial charge on any atom is 0.241 e. The molecule has 2 aliphatic heterocycles. The summed E-state index contributed by atoms with van der Waals surface area (Å²) in [7, 11) is 0. The minimum Gasteiger partial charge on any atom is -0.349 e. The van der Waals surface area contributed by atoms with Crippen molar-refractivity contribution in [3.63, 3.8) is 0 Å². The van der Waals surface area contributed by atoms with Gasteiger partial charge in [-0.25, -0.2) is 4.90 Å². The fourth-order valence-corrected chi connectivity index (χ4v) is 5.86. The second-order valence-corrected chi connectivity index (χ2v) is 9.92. The standard InChI is InChI=1S/C26H14Cl3NO5/c27-13-7-5-12(6-8-13)21-19-20(25(34)30(24(19)33)18-11-14(28)9-10-17(18)29)26(35-21)22(31)15-3-1-2-4-16(15)23(26)32/h1-11,19-21H/t19-,20+,21+/m1/s1. The molecule has 3 aliphatic rings. The number of anilines is 1. The molecule has 6 rings (SSSR count). The number of carbonyl (C=O) groups excluding carboxylic acids is 4. The first-order valence-electron chi connectivity index (χ1n) is 10.7. The van der Waals surface area contributed by atoms with Crippen molar-refractivity contribution >= 4 is 63.9 Å². The van der Waals surface area contributed by atoms with Crippen LogP contribution >= 0.6 is 34.8 Å². The summed E-state index contributed by atoms with van der Waals surface area (Å²) >= 11 is 18.5. The van der Waals surface area contributed by atoms with Gasteiger partial charge >= 0.3 is 0 Å². The number of fused-ring (bicyclic) bond motifs is 3. The van der Waals surface area contributed by atoms with Gasteiger partial charge in [0.2, 0.25) is 29.0 Å². The van der Waals surface area contributed by atoms with Gasteiger partial charge in [-0.1, -0.05) is 71.2 Å². The van der Waals surface area contributed by atoms with Gasteiger partial charge in [0.1, 0.15) is 0 Å². The zero-order valence-corrected chi connectivity index (χ0v) is 20.0. The number of nitrogens with zero attached hydrogens (tertiary/aromatic N) is 1. The number of halogens is 3. The zero-order chi connectivity index (χ0) is 24.6. The molecule has 2 amide bonds. The summed E-state index contributed by atoms with van der Waals surface area (Å²) in [6, 6.07) is 17.2. The van der Waals surface area contributed by atoms with Crippen LogP contribution in [0, 0.1) is 11.8 Å². The second kappa shape index (κ2) is 7.73. The molecule has 1 spiro atoms. The van der Waals surface area contributed by atoms with E-state index in [1.165, 1.54) is 30.3 Å². The summed E-state index contributed by atoms with van der Waals surface area (Å²) < 4.78 is 6.22. The van der Waals surface area contributed by atoms with Gasteiger partial charge in [-0.15, -0.1) is 0 Å². The minimum atomic E-state index is -2.16. The normalized spacial score (nSPS) is 24.4. The van der Waals surface area contributed by atoms with Crippen LogP contribution in [0.5, 0.6) is 0 Å². The molecular weight excluding hydrogens is 513 g/mol. The molecule has 0 radical (unpaired) electrons. The van der Waals surface area contributed by atoms with Crippen LogP contribution in [0.2, 0.25) is 15.1 Å². The Bertz CT molecular complexity index is 1430. The Morgan fingerprint density at radius 3 is 1.97 bits per heavy atom. The monoisotopic (exact) mass is 525 g/mol. The topological polar surface area (TPSA) is 80.8 Å². The molecule has 6 nitrogen and oxygen atoms in total. The number of ether oxygens (including phenoxy) is 1. The molecule has 3 atom stereocenters. The third kappa shape index (κ3) is 2.94. The summed E-state index contributed by atoms with van der Waals surface area (Å²) in [4.78, 5) is 56.1. The Kier molecular flexibility index (Phi) is 4.96. The molecule has 0 aromatic heterocycles. The van der Waals surface area contributed by atoms with Crippen molar-refractivity contribution in [2.24, 2.45) is 11.8 Å². The van der Waals surface area contributed by atoms with Gasteiger partial charge in [0.15, 0.2) is 0 Å². The van der Waals surface area contributed by atoms with E-state index in [0.29, 0.717) is 10.6 Å². The molecule has 35 heavy (non-hydrogen) atoms. The summed E-state index contributed by atoms with van der Waals surface area (Å²) in [5.74, 6) is -5.15. The Labute approximate surface area is 214 Å². The largest absolute Gasteiger partial charge is 0.349 e. The SMILES string of the molecule is O=C1[C@@H]2[C@@H](C(=O)N1c1cc(Cl)ccc1Cl)C1(O[C@H]2c2ccc(Cl)cc2)C(=O)c2ccccc2C1=O. The smallest absolute Gasteiger partial charge is 0.241 e. The lowest BCUT2D eigenvalue weighted by atomic mass is 9.77. The van der Waals surface area contributed by atoms with Crippen LogP contribution in [0.4, 0.5) is 5.69 Å². The van der Waals surface area contributed by atoms with E-state index in [1.807, 2.05) is 0 Å². The van der Waals surface area contributed by atoms with Crippen molar-refractivity contribution < 1.29 is 23.9 Å². The lowest BCUT2D eigenvalue weighted by Crippen LogP contribution is -2.51. The Hall–Kier alpha value is -3.03. The molecule has 1 aliphatic carbocycles. The fraction of sp³-hybridized carbons (Fsp3) is 0.154. The number of Topliss-reactive ketones (excluding diaryl/α,β-unsaturated/α-hetero) is 2. The number of amides is 2. The van der Waals surface area contributed by atoms with Crippen LogP contribution in [-0.4, -0.2) is 29.0 Å². The first-order valence-corrected chi connectivity index (χ1v) is 11.8. The number of rotatable bonds is 2. The molecule has 0 saturated carbocycles. The number of benzene rings is 3. The number of ketones is 2. The predicted molar refractivity (Wildman–Crippen MR) is 129 cm³/mol. The molecular formula is C26H14Cl3NO5. The van der Waals surface area contributed by atoms with E-state index < -0.39 is 46.9 Å². The quantitative estimate of drug-likeness (QED) is 0.333. The predicted octanol–water partition coefficient (Wildman–Crippen LogP) is 5.34. The highest BCUT2D eigenvalue weighted by Gasteiger charge is 2.74. The minimum absolute atomic E-state index is 0.0870. The van der Waals surface area contributed by atoms with E-state index in [0.717, 1.165) is 4.90 Å². The number of hydrogen-bond donors (Lipinski definition) is 0. The van der Waals surface area contributed by atoms with E-state index in [2.05, 4.69) is 0 Å². The summed E-state index contributed by atoms with van der Waals surface area (Å²) in [6.45, 7) is 0. The number of carbonyl (C=O) groups is 4. The Morgan fingerprint density at radius 2 is 1.34 bits per heavy atom. The van der Waals surface area contributed by atoms with E-state index >= 15 is 0 Å². The average Bonchev–Trinajstić information content (AvgIpc) is 3.41. The fourth-order valence-electron chi connectivity index (χ4n) is 5.37. The van der Waals surface area contributed by atoms with Crippen LogP contribution in [0.15, 0.2) is 66.7 Å². The van der Waals surface area contributed by atoms with Crippen molar-refractivity contribution in [1.82, 2.24) is 0 Å². The van der Waals surface area contributed by atoms with Crippen molar-refractivity contribution in [1.29, 1.82) is 0 Å². The van der Waals surface area contributed by atoms with Gasteiger partial charge in [-0.3, -0.25) is 19.2 Å².